The average molecular weight is 427 g/mol. The molecular formula is C29H46O2. The number of rotatable bonds is 3. The van der Waals surface area contributed by atoms with Crippen LogP contribution in [-0.2, 0) is 9.59 Å². The van der Waals surface area contributed by atoms with Crippen LogP contribution in [0, 0.1) is 46.3 Å². The molecule has 0 atom stereocenters. The van der Waals surface area contributed by atoms with Gasteiger partial charge in [0.2, 0.25) is 0 Å². The van der Waals surface area contributed by atoms with Gasteiger partial charge in [0, 0.05) is 0 Å². The number of hydrogen-bond acceptors (Lipinski definition) is 2. The predicted octanol–water partition coefficient (Wildman–Crippen LogP) is 7.53. The van der Waals surface area contributed by atoms with Crippen LogP contribution in [0.25, 0.3) is 0 Å². The van der Waals surface area contributed by atoms with Gasteiger partial charge >= 0.3 is 0 Å². The van der Waals surface area contributed by atoms with Crippen LogP contribution in [0.1, 0.15) is 123 Å². The summed E-state index contributed by atoms with van der Waals surface area (Å²) in [4.78, 5) is 27.2. The molecule has 5 rings (SSSR count). The normalized spacial score (nSPS) is 48.7. The van der Waals surface area contributed by atoms with Crippen molar-refractivity contribution in [3.05, 3.63) is 0 Å². The zero-order valence-electron chi connectivity index (χ0n) is 20.3. The van der Waals surface area contributed by atoms with E-state index >= 15 is 0 Å². The Morgan fingerprint density at radius 1 is 0.581 bits per heavy atom. The second-order valence-corrected chi connectivity index (χ2v) is 12.7. The fourth-order valence-electron chi connectivity index (χ4n) is 9.00. The maximum absolute atomic E-state index is 13.6. The lowest BCUT2D eigenvalue weighted by atomic mass is 9.41. The fraction of sp³-hybridized carbons (Fsp3) is 0.931. The van der Waals surface area contributed by atoms with Crippen LogP contribution in [0.2, 0.25) is 0 Å². The van der Waals surface area contributed by atoms with Crippen molar-refractivity contribution in [3.8, 4) is 0 Å². The van der Waals surface area contributed by atoms with E-state index in [1.807, 2.05) is 0 Å². The van der Waals surface area contributed by atoms with E-state index in [1.165, 1.54) is 57.8 Å². The molecule has 174 valence electrons. The summed E-state index contributed by atoms with van der Waals surface area (Å²) in [6.07, 6.45) is 20.5. The zero-order chi connectivity index (χ0) is 21.6. The molecule has 5 saturated carbocycles. The van der Waals surface area contributed by atoms with E-state index in [-0.39, 0.29) is 0 Å². The maximum Gasteiger partial charge on any atom is 0.159 e. The molecule has 31 heavy (non-hydrogen) atoms. The molecule has 5 aliphatic carbocycles. The lowest BCUT2D eigenvalue weighted by Crippen LogP contribution is -2.68. The Labute approximate surface area is 190 Å². The Morgan fingerprint density at radius 2 is 0.935 bits per heavy atom. The van der Waals surface area contributed by atoms with E-state index in [4.69, 9.17) is 0 Å². The van der Waals surface area contributed by atoms with E-state index in [0.717, 1.165) is 86.9 Å². The van der Waals surface area contributed by atoms with Gasteiger partial charge in [0.25, 0.3) is 0 Å². The number of hydrogen-bond donors (Lipinski definition) is 0. The second kappa shape index (κ2) is 8.60. The van der Waals surface area contributed by atoms with Crippen LogP contribution in [0.4, 0.5) is 0 Å². The third-order valence-corrected chi connectivity index (χ3v) is 11.4. The Hall–Kier alpha value is -0.660. The predicted molar refractivity (Wildman–Crippen MR) is 126 cm³/mol. The van der Waals surface area contributed by atoms with Crippen molar-refractivity contribution in [1.82, 2.24) is 0 Å². The minimum Gasteiger partial charge on any atom is -0.297 e. The van der Waals surface area contributed by atoms with Gasteiger partial charge in [-0.1, -0.05) is 46.0 Å². The van der Waals surface area contributed by atoms with Crippen molar-refractivity contribution in [2.75, 3.05) is 0 Å². The first-order valence-electron chi connectivity index (χ1n) is 14.1. The highest BCUT2D eigenvalue weighted by atomic mass is 16.2. The summed E-state index contributed by atoms with van der Waals surface area (Å²) in [6, 6.07) is 0. The van der Waals surface area contributed by atoms with E-state index in [9.17, 15) is 9.59 Å². The van der Waals surface area contributed by atoms with Gasteiger partial charge in [-0.3, -0.25) is 9.59 Å². The van der Waals surface area contributed by atoms with Crippen LogP contribution < -0.4 is 0 Å². The molecule has 0 aliphatic heterocycles. The van der Waals surface area contributed by atoms with E-state index in [2.05, 4.69) is 13.8 Å². The van der Waals surface area contributed by atoms with Gasteiger partial charge in [-0.05, 0) is 113 Å². The van der Waals surface area contributed by atoms with Crippen molar-refractivity contribution < 1.29 is 9.59 Å². The molecule has 0 saturated heterocycles. The summed E-state index contributed by atoms with van der Waals surface area (Å²) in [5.41, 5.74) is -1.07. The molecule has 0 unspecified atom stereocenters. The number of carbonyl (C=O) groups excluding carboxylic acids is 2. The lowest BCUT2D eigenvalue weighted by molar-refractivity contribution is -0.179. The highest BCUT2D eigenvalue weighted by molar-refractivity contribution is 6.30. The minimum atomic E-state index is -0.537. The molecule has 0 aromatic rings. The van der Waals surface area contributed by atoms with Gasteiger partial charge in [-0.25, -0.2) is 0 Å². The van der Waals surface area contributed by atoms with E-state index < -0.39 is 10.8 Å². The number of Topliss-reactive ketones (excluding diaryl/α,β-unsaturated/α-hetero) is 2. The van der Waals surface area contributed by atoms with Gasteiger partial charge < -0.3 is 0 Å². The SMILES string of the molecule is CCC1CCC(C2CCC3(CC2)C(=O)C2(CCC(C4CCC(C)CC4)CC2)C3=O)CC1. The van der Waals surface area contributed by atoms with Crippen molar-refractivity contribution >= 4 is 11.6 Å². The van der Waals surface area contributed by atoms with Gasteiger partial charge in [0.15, 0.2) is 11.6 Å². The van der Waals surface area contributed by atoms with E-state index in [0.29, 0.717) is 11.6 Å². The first-order valence-corrected chi connectivity index (χ1v) is 14.1. The first kappa shape index (κ1) is 22.1. The standard InChI is InChI=1S/C29H46O2/c1-3-21-6-10-23(11-7-21)25-14-18-29(19-15-25)26(30)28(27(29)31)16-12-24(13-17-28)22-8-4-20(2)5-9-22/h20-25H,3-19H2,1-2H3. The van der Waals surface area contributed by atoms with Crippen LogP contribution in [-0.4, -0.2) is 11.6 Å². The summed E-state index contributed by atoms with van der Waals surface area (Å²) in [5, 5.41) is 0. The molecule has 0 heterocycles. The summed E-state index contributed by atoms with van der Waals surface area (Å²) < 4.78 is 0. The zero-order valence-corrected chi connectivity index (χ0v) is 20.3. The Kier molecular flexibility index (Phi) is 6.15. The smallest absolute Gasteiger partial charge is 0.159 e. The summed E-state index contributed by atoms with van der Waals surface area (Å²) in [5.74, 6) is 5.95. The fourth-order valence-corrected chi connectivity index (χ4v) is 9.00. The van der Waals surface area contributed by atoms with Crippen LogP contribution in [0.5, 0.6) is 0 Å². The number of ketones is 2. The van der Waals surface area contributed by atoms with E-state index in [1.54, 1.807) is 0 Å². The highest BCUT2D eigenvalue weighted by Gasteiger charge is 2.71. The van der Waals surface area contributed by atoms with Gasteiger partial charge in [-0.2, -0.15) is 0 Å². The Balaban J connectivity index is 1.15. The molecule has 0 aromatic carbocycles. The number of carbonyl (C=O) groups is 2. The first-order chi connectivity index (χ1) is 15.0. The summed E-state index contributed by atoms with van der Waals surface area (Å²) in [6.45, 7) is 4.73. The largest absolute Gasteiger partial charge is 0.297 e. The molecule has 2 heteroatoms. The quantitative estimate of drug-likeness (QED) is 0.437. The van der Waals surface area contributed by atoms with Crippen LogP contribution in [0.3, 0.4) is 0 Å². The Morgan fingerprint density at radius 3 is 1.32 bits per heavy atom. The van der Waals surface area contributed by atoms with Gasteiger partial charge in [-0.15, -0.1) is 0 Å². The molecule has 0 N–H and O–H groups in total. The van der Waals surface area contributed by atoms with Crippen molar-refractivity contribution in [3.63, 3.8) is 0 Å². The molecule has 0 aromatic heterocycles. The third-order valence-electron chi connectivity index (χ3n) is 11.4. The monoisotopic (exact) mass is 426 g/mol. The third kappa shape index (κ3) is 3.67. The van der Waals surface area contributed by atoms with Crippen molar-refractivity contribution in [2.24, 2.45) is 46.3 Å². The molecule has 5 fully saturated rings. The molecule has 0 amide bonds. The molecule has 2 nitrogen and oxygen atoms in total. The topological polar surface area (TPSA) is 34.1 Å². The maximum atomic E-state index is 13.6. The molecular weight excluding hydrogens is 380 g/mol. The summed E-state index contributed by atoms with van der Waals surface area (Å²) in [7, 11) is 0. The van der Waals surface area contributed by atoms with Gasteiger partial charge in [0.05, 0.1) is 10.8 Å². The van der Waals surface area contributed by atoms with Crippen LogP contribution >= 0.6 is 0 Å². The highest BCUT2D eigenvalue weighted by Crippen LogP contribution is 2.62. The Bertz CT molecular complexity index is 641. The van der Waals surface area contributed by atoms with Gasteiger partial charge in [0.1, 0.15) is 0 Å². The molecule has 0 bridgehead atoms. The summed E-state index contributed by atoms with van der Waals surface area (Å²) >= 11 is 0. The van der Waals surface area contributed by atoms with Crippen molar-refractivity contribution in [2.45, 2.75) is 123 Å². The molecule has 0 radical (unpaired) electrons. The average Bonchev–Trinajstić information content (AvgIpc) is 2.84. The molecule has 2 spiro atoms. The minimum absolute atomic E-state index is 0.397. The molecule has 5 aliphatic rings. The van der Waals surface area contributed by atoms with Crippen molar-refractivity contribution in [1.29, 1.82) is 0 Å². The second-order valence-electron chi connectivity index (χ2n) is 12.7. The van der Waals surface area contributed by atoms with Crippen LogP contribution in [0.15, 0.2) is 0 Å². The lowest BCUT2D eigenvalue weighted by Gasteiger charge is -2.58.